The van der Waals surface area contributed by atoms with E-state index in [0.717, 1.165) is 11.6 Å². The lowest BCUT2D eigenvalue weighted by Gasteiger charge is -2.13. The second-order valence-corrected chi connectivity index (χ2v) is 4.53. The van der Waals surface area contributed by atoms with Crippen molar-refractivity contribution >= 4 is 11.6 Å². The van der Waals surface area contributed by atoms with E-state index in [1.165, 1.54) is 5.56 Å². The lowest BCUT2D eigenvalue weighted by Crippen LogP contribution is -2.27. The molecule has 3 nitrogen and oxygen atoms in total. The third-order valence-electron chi connectivity index (χ3n) is 2.93. The molecule has 0 aromatic heterocycles. The molecule has 3 rings (SSSR count). The van der Waals surface area contributed by atoms with E-state index in [4.69, 9.17) is 11.6 Å². The van der Waals surface area contributed by atoms with Gasteiger partial charge in [0.15, 0.2) is 0 Å². The Balaban J connectivity index is 1.87. The van der Waals surface area contributed by atoms with Crippen molar-refractivity contribution in [3.05, 3.63) is 34.9 Å². The summed E-state index contributed by atoms with van der Waals surface area (Å²) in [4.78, 5) is 0. The van der Waals surface area contributed by atoms with Crippen LogP contribution in [0.1, 0.15) is 18.7 Å². The van der Waals surface area contributed by atoms with E-state index in [1.807, 2.05) is 12.1 Å². The normalized spacial score (nSPS) is 39.6. The zero-order valence-electron chi connectivity index (χ0n) is 7.92. The molecule has 0 bridgehead atoms. The van der Waals surface area contributed by atoms with E-state index < -0.39 is 0 Å². The van der Waals surface area contributed by atoms with Crippen molar-refractivity contribution in [2.45, 2.75) is 18.8 Å². The fourth-order valence-corrected chi connectivity index (χ4v) is 2.13. The van der Waals surface area contributed by atoms with Gasteiger partial charge in [0.2, 0.25) is 0 Å². The minimum atomic E-state index is 0.171. The largest absolute Gasteiger partial charge is 0.294 e. The number of hydrogen-bond acceptors (Lipinski definition) is 3. The van der Waals surface area contributed by atoms with E-state index in [9.17, 15) is 0 Å². The summed E-state index contributed by atoms with van der Waals surface area (Å²) < 4.78 is 0. The zero-order chi connectivity index (χ0) is 9.76. The highest BCUT2D eigenvalue weighted by Crippen LogP contribution is 2.38. The smallest absolute Gasteiger partial charge is 0.109 e. The Labute approximate surface area is 88.0 Å². The van der Waals surface area contributed by atoms with Gasteiger partial charge in [-0.3, -0.25) is 5.32 Å². The quantitative estimate of drug-likeness (QED) is 0.688. The molecule has 0 spiro atoms. The molecule has 4 heteroatoms. The first kappa shape index (κ1) is 8.68. The number of rotatable bonds is 1. The lowest BCUT2D eigenvalue weighted by atomic mass is 10.2. The van der Waals surface area contributed by atoms with Crippen LogP contribution >= 0.6 is 11.6 Å². The molecule has 2 fully saturated rings. The first-order chi connectivity index (χ1) is 6.69. The van der Waals surface area contributed by atoms with Crippen LogP contribution in [0.4, 0.5) is 0 Å². The van der Waals surface area contributed by atoms with Gasteiger partial charge in [0, 0.05) is 11.6 Å². The van der Waals surface area contributed by atoms with Gasteiger partial charge in [-0.2, -0.15) is 5.01 Å². The Bertz CT molecular complexity index is 364. The van der Waals surface area contributed by atoms with Crippen molar-refractivity contribution in [1.82, 2.24) is 15.8 Å². The van der Waals surface area contributed by atoms with E-state index in [1.54, 1.807) is 0 Å². The number of halogens is 1. The number of hydrogen-bond donors (Lipinski definition) is 2. The van der Waals surface area contributed by atoms with Crippen LogP contribution in [0.5, 0.6) is 0 Å². The minimum absolute atomic E-state index is 0.171. The van der Waals surface area contributed by atoms with Crippen molar-refractivity contribution in [2.24, 2.45) is 0 Å². The van der Waals surface area contributed by atoms with Crippen LogP contribution in [0.15, 0.2) is 24.3 Å². The number of nitrogens with one attached hydrogen (secondary N) is 2. The second-order valence-electron chi connectivity index (χ2n) is 4.09. The summed E-state index contributed by atoms with van der Waals surface area (Å²) in [5.41, 5.74) is 4.77. The molecule has 2 N–H and O–H groups in total. The van der Waals surface area contributed by atoms with Crippen molar-refractivity contribution in [3.8, 4) is 0 Å². The van der Waals surface area contributed by atoms with Crippen molar-refractivity contribution < 1.29 is 0 Å². The Morgan fingerprint density at radius 2 is 2.14 bits per heavy atom. The van der Waals surface area contributed by atoms with Gasteiger partial charge in [-0.05, 0) is 24.6 Å². The van der Waals surface area contributed by atoms with Gasteiger partial charge in [0.1, 0.15) is 11.8 Å². The van der Waals surface area contributed by atoms with Crippen LogP contribution in [-0.4, -0.2) is 17.2 Å². The highest BCUT2D eigenvalue weighted by Gasteiger charge is 2.56. The molecule has 74 valence electrons. The zero-order valence-corrected chi connectivity index (χ0v) is 8.67. The summed E-state index contributed by atoms with van der Waals surface area (Å²) in [5.74, 6) is 0. The molecule has 0 saturated carbocycles. The second kappa shape index (κ2) is 2.70. The highest BCUT2D eigenvalue weighted by molar-refractivity contribution is 6.30. The lowest BCUT2D eigenvalue weighted by molar-refractivity contribution is 0.359. The number of hydrazine groups is 1. The van der Waals surface area contributed by atoms with Crippen LogP contribution in [0.2, 0.25) is 5.02 Å². The van der Waals surface area contributed by atoms with Crippen LogP contribution in [0.3, 0.4) is 0 Å². The van der Waals surface area contributed by atoms with Gasteiger partial charge in [-0.15, -0.1) is 0 Å². The molecule has 2 heterocycles. The average Bonchev–Trinajstić information content (AvgIpc) is 2.73. The summed E-state index contributed by atoms with van der Waals surface area (Å²) in [5, 5.41) is 6.47. The van der Waals surface area contributed by atoms with Gasteiger partial charge >= 0.3 is 0 Å². The molecule has 0 radical (unpaired) electrons. The van der Waals surface area contributed by atoms with Gasteiger partial charge in [0.05, 0.1) is 0 Å². The first-order valence-electron chi connectivity index (χ1n) is 4.75. The average molecular weight is 210 g/mol. The molecule has 0 amide bonds. The number of benzene rings is 1. The van der Waals surface area contributed by atoms with Crippen LogP contribution < -0.4 is 10.7 Å². The van der Waals surface area contributed by atoms with Crippen molar-refractivity contribution in [3.63, 3.8) is 0 Å². The molecule has 2 saturated heterocycles. The van der Waals surface area contributed by atoms with E-state index in [-0.39, 0.29) is 11.8 Å². The van der Waals surface area contributed by atoms with Crippen LogP contribution in [0, 0.1) is 0 Å². The molecule has 1 aromatic carbocycles. The van der Waals surface area contributed by atoms with Crippen LogP contribution in [0.25, 0.3) is 0 Å². The summed E-state index contributed by atoms with van der Waals surface area (Å²) in [7, 11) is 0. The Morgan fingerprint density at radius 3 is 2.64 bits per heavy atom. The van der Waals surface area contributed by atoms with E-state index in [2.05, 4.69) is 34.8 Å². The van der Waals surface area contributed by atoms with E-state index >= 15 is 0 Å². The molecule has 3 atom stereocenters. The molecule has 2 aliphatic heterocycles. The molecule has 2 aliphatic rings. The molecular formula is C10H12ClN3. The Morgan fingerprint density at radius 1 is 1.43 bits per heavy atom. The Hall–Kier alpha value is -0.610. The van der Waals surface area contributed by atoms with Crippen LogP contribution in [-0.2, 0) is 0 Å². The number of fused-ring (bicyclic) bond motifs is 1. The maximum absolute atomic E-state index is 5.84. The minimum Gasteiger partial charge on any atom is -0.294 e. The third-order valence-corrected chi connectivity index (χ3v) is 3.18. The van der Waals surface area contributed by atoms with Gasteiger partial charge in [0.25, 0.3) is 0 Å². The van der Waals surface area contributed by atoms with Crippen molar-refractivity contribution in [2.75, 3.05) is 6.54 Å². The predicted octanol–water partition coefficient (Wildman–Crippen LogP) is 1.48. The standard InChI is InChI=1S/C10H12ClN3/c1-10-6-12-9(14(10)13-10)7-2-4-8(11)5-3-7/h2-5,9,12-13H,6H2,1H3. The maximum atomic E-state index is 5.84. The molecule has 14 heavy (non-hydrogen) atoms. The highest BCUT2D eigenvalue weighted by atomic mass is 35.5. The fraction of sp³-hybridized carbons (Fsp3) is 0.400. The van der Waals surface area contributed by atoms with Gasteiger partial charge in [-0.1, -0.05) is 23.7 Å². The molecule has 0 aliphatic carbocycles. The van der Waals surface area contributed by atoms with Gasteiger partial charge < -0.3 is 0 Å². The summed E-state index contributed by atoms with van der Waals surface area (Å²) in [6.07, 6.45) is 0.289. The van der Waals surface area contributed by atoms with Gasteiger partial charge in [-0.25, -0.2) is 5.43 Å². The van der Waals surface area contributed by atoms with Crippen molar-refractivity contribution in [1.29, 1.82) is 0 Å². The third kappa shape index (κ3) is 1.17. The summed E-state index contributed by atoms with van der Waals surface area (Å²) >= 11 is 5.84. The first-order valence-corrected chi connectivity index (χ1v) is 5.13. The molecule has 1 aromatic rings. The van der Waals surface area contributed by atoms with E-state index in [0.29, 0.717) is 0 Å². The Kier molecular flexibility index (Phi) is 1.67. The topological polar surface area (TPSA) is 37.0 Å². The fourth-order valence-electron chi connectivity index (χ4n) is 2.01. The SMILES string of the molecule is CC12CNC(c3ccc(Cl)cc3)N1N2. The summed E-state index contributed by atoms with van der Waals surface area (Å²) in [6, 6.07) is 7.98. The predicted molar refractivity (Wildman–Crippen MR) is 55.6 cm³/mol. The summed E-state index contributed by atoms with van der Waals surface area (Å²) in [6.45, 7) is 3.18. The molecular weight excluding hydrogens is 198 g/mol. The monoisotopic (exact) mass is 209 g/mol. The maximum Gasteiger partial charge on any atom is 0.109 e. The molecule has 3 unspecified atom stereocenters. The number of nitrogens with zero attached hydrogens (tertiary/aromatic N) is 1.